The Morgan fingerprint density at radius 2 is 1.05 bits per heavy atom. The molecular weight excluding hydrogens is 252 g/mol. The van der Waals surface area contributed by atoms with Gasteiger partial charge >= 0.3 is 5.97 Å². The first-order valence-corrected chi connectivity index (χ1v) is 6.34. The van der Waals surface area contributed by atoms with E-state index < -0.39 is 17.9 Å². The SMILES string of the molecule is CC(=O)O.CC(=O)O.CCCCCCCCC(=O)O. The van der Waals surface area contributed by atoms with Crippen LogP contribution in [-0.4, -0.2) is 33.2 Å². The van der Waals surface area contributed by atoms with Crippen molar-refractivity contribution >= 4 is 17.9 Å². The highest BCUT2D eigenvalue weighted by Crippen LogP contribution is 2.06. The van der Waals surface area contributed by atoms with Crippen LogP contribution in [0.25, 0.3) is 0 Å². The lowest BCUT2D eigenvalue weighted by molar-refractivity contribution is -0.137. The molecule has 0 aromatic rings. The molecule has 0 atom stereocenters. The monoisotopic (exact) mass is 278 g/mol. The summed E-state index contributed by atoms with van der Waals surface area (Å²) in [6, 6.07) is 0. The van der Waals surface area contributed by atoms with Crippen molar-refractivity contribution < 1.29 is 29.7 Å². The van der Waals surface area contributed by atoms with Gasteiger partial charge in [-0.2, -0.15) is 0 Å². The van der Waals surface area contributed by atoms with Crippen LogP contribution >= 0.6 is 0 Å². The van der Waals surface area contributed by atoms with Crippen molar-refractivity contribution in [2.75, 3.05) is 0 Å². The van der Waals surface area contributed by atoms with Crippen LogP contribution in [0.15, 0.2) is 0 Å². The second-order valence-corrected chi connectivity index (χ2v) is 3.95. The third kappa shape index (κ3) is 82.9. The van der Waals surface area contributed by atoms with Crippen molar-refractivity contribution in [3.05, 3.63) is 0 Å². The van der Waals surface area contributed by atoms with Crippen molar-refractivity contribution in [3.63, 3.8) is 0 Å². The summed E-state index contributed by atoms with van der Waals surface area (Å²) in [5.74, 6) is -2.33. The molecule has 0 spiro atoms. The van der Waals surface area contributed by atoms with E-state index in [0.717, 1.165) is 26.7 Å². The molecule has 0 rings (SSSR count). The maximum absolute atomic E-state index is 10.1. The summed E-state index contributed by atoms with van der Waals surface area (Å²) in [5.41, 5.74) is 0. The van der Waals surface area contributed by atoms with E-state index in [4.69, 9.17) is 24.9 Å². The minimum atomic E-state index is -0.833. The fourth-order valence-corrected chi connectivity index (χ4v) is 1.06. The van der Waals surface area contributed by atoms with E-state index >= 15 is 0 Å². The number of unbranched alkanes of at least 4 members (excludes halogenated alkanes) is 5. The van der Waals surface area contributed by atoms with E-state index in [2.05, 4.69) is 6.92 Å². The Morgan fingerprint density at radius 1 is 0.737 bits per heavy atom. The first-order chi connectivity index (χ1) is 8.73. The third-order valence-corrected chi connectivity index (χ3v) is 1.74. The summed E-state index contributed by atoms with van der Waals surface area (Å²) in [7, 11) is 0. The van der Waals surface area contributed by atoms with Crippen LogP contribution < -0.4 is 0 Å². The lowest BCUT2D eigenvalue weighted by Gasteiger charge is -1.97. The van der Waals surface area contributed by atoms with Gasteiger partial charge in [-0.1, -0.05) is 39.0 Å². The van der Waals surface area contributed by atoms with Gasteiger partial charge in [0.2, 0.25) is 0 Å². The number of hydrogen-bond donors (Lipinski definition) is 3. The van der Waals surface area contributed by atoms with Crippen LogP contribution in [-0.2, 0) is 14.4 Å². The van der Waals surface area contributed by atoms with Crippen LogP contribution in [0.4, 0.5) is 0 Å². The van der Waals surface area contributed by atoms with E-state index in [1.54, 1.807) is 0 Å². The molecule has 0 radical (unpaired) electrons. The van der Waals surface area contributed by atoms with Gasteiger partial charge in [0, 0.05) is 20.3 Å². The molecule has 19 heavy (non-hydrogen) atoms. The first-order valence-electron chi connectivity index (χ1n) is 6.34. The van der Waals surface area contributed by atoms with E-state index in [0.29, 0.717) is 6.42 Å². The van der Waals surface area contributed by atoms with Crippen molar-refractivity contribution in [3.8, 4) is 0 Å². The maximum Gasteiger partial charge on any atom is 0.303 e. The molecular formula is C13H26O6. The fraction of sp³-hybridized carbons (Fsp3) is 0.769. The van der Waals surface area contributed by atoms with E-state index in [1.165, 1.54) is 25.7 Å². The highest BCUT2D eigenvalue weighted by molar-refractivity contribution is 5.66. The minimum Gasteiger partial charge on any atom is -0.481 e. The molecule has 0 saturated heterocycles. The number of carbonyl (C=O) groups is 3. The quantitative estimate of drug-likeness (QED) is 0.617. The summed E-state index contributed by atoms with van der Waals surface area (Å²) in [6.07, 6.45) is 7.25. The van der Waals surface area contributed by atoms with E-state index in [9.17, 15) is 4.79 Å². The average Bonchev–Trinajstić information content (AvgIpc) is 2.21. The first kappa shape index (κ1) is 22.6. The zero-order valence-corrected chi connectivity index (χ0v) is 12.0. The van der Waals surface area contributed by atoms with Crippen molar-refractivity contribution in [2.45, 2.75) is 65.7 Å². The molecule has 0 aromatic carbocycles. The van der Waals surface area contributed by atoms with Gasteiger partial charge in [0.1, 0.15) is 0 Å². The lowest BCUT2D eigenvalue weighted by Crippen LogP contribution is -1.93. The fourth-order valence-electron chi connectivity index (χ4n) is 1.06. The highest BCUT2D eigenvalue weighted by atomic mass is 16.4. The van der Waals surface area contributed by atoms with Gasteiger partial charge in [-0.25, -0.2) is 0 Å². The molecule has 0 amide bonds. The molecule has 6 nitrogen and oxygen atoms in total. The number of hydrogen-bond acceptors (Lipinski definition) is 3. The lowest BCUT2D eigenvalue weighted by atomic mass is 10.1. The van der Waals surface area contributed by atoms with Crippen LogP contribution in [0.5, 0.6) is 0 Å². The number of aliphatic carboxylic acids is 3. The molecule has 0 saturated carbocycles. The zero-order chi connectivity index (χ0) is 15.7. The van der Waals surface area contributed by atoms with Gasteiger partial charge in [-0.05, 0) is 6.42 Å². The smallest absolute Gasteiger partial charge is 0.303 e. The highest BCUT2D eigenvalue weighted by Gasteiger charge is 1.95. The molecule has 0 heterocycles. The predicted molar refractivity (Wildman–Crippen MR) is 72.2 cm³/mol. The van der Waals surface area contributed by atoms with Crippen LogP contribution in [0.1, 0.15) is 65.7 Å². The molecule has 6 heteroatoms. The van der Waals surface area contributed by atoms with Crippen LogP contribution in [0, 0.1) is 0 Å². The van der Waals surface area contributed by atoms with Crippen LogP contribution in [0.3, 0.4) is 0 Å². The number of carboxylic acid groups (broad SMARTS) is 3. The second-order valence-electron chi connectivity index (χ2n) is 3.95. The van der Waals surface area contributed by atoms with Gasteiger partial charge in [-0.3, -0.25) is 14.4 Å². The molecule has 0 aromatic heterocycles. The van der Waals surface area contributed by atoms with Gasteiger partial charge in [-0.15, -0.1) is 0 Å². The van der Waals surface area contributed by atoms with Crippen molar-refractivity contribution in [2.24, 2.45) is 0 Å². The van der Waals surface area contributed by atoms with Gasteiger partial charge in [0.25, 0.3) is 11.9 Å². The van der Waals surface area contributed by atoms with Gasteiger partial charge < -0.3 is 15.3 Å². The Bertz CT molecular complexity index is 217. The molecule has 114 valence electrons. The Kier molecular flexibility index (Phi) is 22.3. The van der Waals surface area contributed by atoms with Crippen molar-refractivity contribution in [1.29, 1.82) is 0 Å². The summed E-state index contributed by atoms with van der Waals surface area (Å²) in [4.78, 5) is 28.1. The Labute approximate surface area is 114 Å². The molecule has 0 aliphatic rings. The Morgan fingerprint density at radius 3 is 1.37 bits per heavy atom. The second kappa shape index (κ2) is 18.8. The maximum atomic E-state index is 10.1. The normalized spacial score (nSPS) is 8.37. The molecule has 0 aliphatic carbocycles. The summed E-state index contributed by atoms with van der Waals surface area (Å²) >= 11 is 0. The zero-order valence-electron chi connectivity index (χ0n) is 12.0. The summed E-state index contributed by atoms with van der Waals surface area (Å²) < 4.78 is 0. The van der Waals surface area contributed by atoms with Gasteiger partial charge in [0.05, 0.1) is 0 Å². The van der Waals surface area contributed by atoms with Gasteiger partial charge in [0.15, 0.2) is 0 Å². The molecule has 0 aliphatic heterocycles. The van der Waals surface area contributed by atoms with E-state index in [1.807, 2.05) is 0 Å². The third-order valence-electron chi connectivity index (χ3n) is 1.74. The average molecular weight is 278 g/mol. The molecule has 0 unspecified atom stereocenters. The van der Waals surface area contributed by atoms with Crippen LogP contribution in [0.2, 0.25) is 0 Å². The number of carboxylic acids is 3. The standard InChI is InChI=1S/C9H18O2.2C2H4O2/c1-2-3-4-5-6-7-8-9(10)11;2*1-2(3)4/h2-8H2,1H3,(H,10,11);2*1H3,(H,3,4). The van der Waals surface area contributed by atoms with Crippen molar-refractivity contribution in [1.82, 2.24) is 0 Å². The molecule has 0 bridgehead atoms. The topological polar surface area (TPSA) is 112 Å². The minimum absolute atomic E-state index is 0.339. The Hall–Kier alpha value is -1.59. The predicted octanol–water partition coefficient (Wildman–Crippen LogP) is 3.00. The van der Waals surface area contributed by atoms with E-state index in [-0.39, 0.29) is 0 Å². The summed E-state index contributed by atoms with van der Waals surface area (Å²) in [5, 5.41) is 23.1. The Balaban J connectivity index is -0.000000264. The number of rotatable bonds is 7. The largest absolute Gasteiger partial charge is 0.481 e. The molecule has 3 N–H and O–H groups in total. The molecule has 0 fully saturated rings. The summed E-state index contributed by atoms with van der Waals surface area (Å²) in [6.45, 7) is 4.34.